The monoisotopic (exact) mass is 429 g/mol. The normalized spacial score (nSPS) is 17.8. The van der Waals surface area contributed by atoms with Gasteiger partial charge in [0.05, 0.1) is 19.0 Å². The van der Waals surface area contributed by atoms with Gasteiger partial charge in [-0.3, -0.25) is 4.99 Å². The molecule has 1 aliphatic heterocycles. The summed E-state index contributed by atoms with van der Waals surface area (Å²) in [5.74, 6) is 2.41. The molecule has 5 nitrogen and oxygen atoms in total. The fraction of sp³-hybridized carbons (Fsp3) is 0.296. The number of aliphatic imine (C=N–C) groups is 1. The maximum atomic E-state index is 6.21. The number of nitrogens with one attached hydrogen (secondary N) is 1. The zero-order valence-electron chi connectivity index (χ0n) is 19.2. The van der Waals surface area contributed by atoms with E-state index >= 15 is 0 Å². The summed E-state index contributed by atoms with van der Waals surface area (Å²) in [5, 5.41) is 3.48. The molecule has 0 aromatic heterocycles. The van der Waals surface area contributed by atoms with Crippen molar-refractivity contribution in [3.05, 3.63) is 83.4 Å². The van der Waals surface area contributed by atoms with Gasteiger partial charge in [-0.1, -0.05) is 24.3 Å². The van der Waals surface area contributed by atoms with Crippen LogP contribution in [0.25, 0.3) is 0 Å². The topological polar surface area (TPSA) is 68.9 Å². The number of rotatable bonds is 7. The molecule has 3 aromatic rings. The number of hydrogen-bond donors (Lipinski definition) is 2. The van der Waals surface area contributed by atoms with Gasteiger partial charge < -0.3 is 20.5 Å². The van der Waals surface area contributed by atoms with Gasteiger partial charge in [-0.15, -0.1) is 0 Å². The highest BCUT2D eigenvalue weighted by atomic mass is 16.5. The van der Waals surface area contributed by atoms with Crippen LogP contribution in [0.2, 0.25) is 0 Å². The standard InChI is InChI=1S/C27H31N3O2/c1-18(2)32-25-12-11-21(15-19(25)3)27(14-13-26(28)30-27)20-7-5-8-22(16-20)29-23-9-6-10-24(17-23)31-4/h5-12,15-18,29H,13-14H2,1-4H3,(H2,28,30). The third-order valence-corrected chi connectivity index (χ3v) is 5.79. The van der Waals surface area contributed by atoms with E-state index in [-0.39, 0.29) is 6.10 Å². The van der Waals surface area contributed by atoms with Gasteiger partial charge in [-0.05, 0) is 80.3 Å². The van der Waals surface area contributed by atoms with Gasteiger partial charge in [0.25, 0.3) is 0 Å². The first-order valence-corrected chi connectivity index (χ1v) is 11.0. The molecule has 166 valence electrons. The summed E-state index contributed by atoms with van der Waals surface area (Å²) >= 11 is 0. The summed E-state index contributed by atoms with van der Waals surface area (Å²) in [6, 6.07) is 22.7. The fourth-order valence-electron chi connectivity index (χ4n) is 4.26. The van der Waals surface area contributed by atoms with Gasteiger partial charge in [0.1, 0.15) is 17.0 Å². The summed E-state index contributed by atoms with van der Waals surface area (Å²) in [5.41, 5.74) is 11.0. The molecular formula is C27H31N3O2. The number of ether oxygens (including phenoxy) is 2. The molecule has 1 unspecified atom stereocenters. The number of methoxy groups -OCH3 is 1. The lowest BCUT2D eigenvalue weighted by Crippen LogP contribution is -2.23. The Balaban J connectivity index is 1.71. The van der Waals surface area contributed by atoms with Crippen LogP contribution >= 0.6 is 0 Å². The Morgan fingerprint density at radius 3 is 2.34 bits per heavy atom. The maximum absolute atomic E-state index is 6.21. The van der Waals surface area contributed by atoms with Crippen LogP contribution in [0.3, 0.4) is 0 Å². The van der Waals surface area contributed by atoms with Crippen molar-refractivity contribution in [1.29, 1.82) is 0 Å². The maximum Gasteiger partial charge on any atom is 0.122 e. The molecule has 1 heterocycles. The number of nitrogens with two attached hydrogens (primary N) is 1. The highest BCUT2D eigenvalue weighted by Crippen LogP contribution is 2.44. The molecule has 0 amide bonds. The molecule has 3 aromatic carbocycles. The summed E-state index contributed by atoms with van der Waals surface area (Å²) < 4.78 is 11.3. The Morgan fingerprint density at radius 2 is 1.69 bits per heavy atom. The molecule has 5 heteroatoms. The highest BCUT2D eigenvalue weighted by molar-refractivity contribution is 5.84. The van der Waals surface area contributed by atoms with Crippen LogP contribution in [0, 0.1) is 6.92 Å². The van der Waals surface area contributed by atoms with Gasteiger partial charge >= 0.3 is 0 Å². The Kier molecular flexibility index (Phi) is 6.08. The molecule has 1 aliphatic rings. The third-order valence-electron chi connectivity index (χ3n) is 5.79. The van der Waals surface area contributed by atoms with Crippen molar-refractivity contribution in [3.63, 3.8) is 0 Å². The molecule has 0 saturated heterocycles. The zero-order valence-corrected chi connectivity index (χ0v) is 19.2. The number of benzene rings is 3. The van der Waals surface area contributed by atoms with Crippen molar-refractivity contribution in [2.45, 2.75) is 45.3 Å². The van der Waals surface area contributed by atoms with Crippen molar-refractivity contribution < 1.29 is 9.47 Å². The van der Waals surface area contributed by atoms with Crippen LogP contribution < -0.4 is 20.5 Å². The second kappa shape index (κ2) is 8.95. The molecule has 0 fully saturated rings. The summed E-state index contributed by atoms with van der Waals surface area (Å²) in [7, 11) is 1.67. The molecule has 0 aliphatic carbocycles. The number of nitrogens with zero attached hydrogens (tertiary/aromatic N) is 1. The molecule has 32 heavy (non-hydrogen) atoms. The highest BCUT2D eigenvalue weighted by Gasteiger charge is 2.38. The van der Waals surface area contributed by atoms with Gasteiger partial charge in [-0.25, -0.2) is 0 Å². The number of amidine groups is 1. The largest absolute Gasteiger partial charge is 0.497 e. The van der Waals surface area contributed by atoms with Crippen molar-refractivity contribution in [1.82, 2.24) is 0 Å². The van der Waals surface area contributed by atoms with Crippen LogP contribution in [-0.2, 0) is 5.54 Å². The predicted octanol–water partition coefficient (Wildman–Crippen LogP) is 5.93. The van der Waals surface area contributed by atoms with Crippen molar-refractivity contribution in [3.8, 4) is 11.5 Å². The quantitative estimate of drug-likeness (QED) is 0.488. The third kappa shape index (κ3) is 4.42. The Hall–Kier alpha value is -3.47. The Bertz CT molecular complexity index is 1140. The first-order valence-electron chi connectivity index (χ1n) is 11.0. The molecule has 4 rings (SSSR count). The molecule has 0 radical (unpaired) electrons. The van der Waals surface area contributed by atoms with E-state index in [4.69, 9.17) is 20.2 Å². The SMILES string of the molecule is COc1cccc(Nc2cccc(C3(c4ccc(OC(C)C)c(C)c4)CCC(N)=N3)c2)c1. The van der Waals surface area contributed by atoms with Gasteiger partial charge in [0.15, 0.2) is 0 Å². The van der Waals surface area contributed by atoms with E-state index in [1.165, 1.54) is 0 Å². The number of aryl methyl sites for hydroxylation is 1. The van der Waals surface area contributed by atoms with Crippen molar-refractivity contribution >= 4 is 17.2 Å². The summed E-state index contributed by atoms with van der Waals surface area (Å²) in [6.45, 7) is 6.16. The van der Waals surface area contributed by atoms with Gasteiger partial charge in [-0.2, -0.15) is 0 Å². The first kappa shape index (κ1) is 21.8. The lowest BCUT2D eigenvalue weighted by molar-refractivity contribution is 0.240. The van der Waals surface area contributed by atoms with Gasteiger partial charge in [0.2, 0.25) is 0 Å². The second-order valence-electron chi connectivity index (χ2n) is 8.55. The Labute approximate surface area is 190 Å². The average molecular weight is 430 g/mol. The van der Waals surface area contributed by atoms with Crippen molar-refractivity contribution in [2.24, 2.45) is 10.7 Å². The lowest BCUT2D eigenvalue weighted by Gasteiger charge is -2.29. The van der Waals surface area contributed by atoms with Crippen LogP contribution in [0.15, 0.2) is 71.7 Å². The van der Waals surface area contributed by atoms with Gasteiger partial charge in [0, 0.05) is 23.9 Å². The first-order chi connectivity index (χ1) is 15.4. The molecule has 1 atom stereocenters. The van der Waals surface area contributed by atoms with Crippen molar-refractivity contribution in [2.75, 3.05) is 12.4 Å². The minimum atomic E-state index is -0.503. The molecule has 0 saturated carbocycles. The van der Waals surface area contributed by atoms with Crippen LogP contribution in [0.5, 0.6) is 11.5 Å². The smallest absolute Gasteiger partial charge is 0.122 e. The van der Waals surface area contributed by atoms with E-state index in [0.717, 1.165) is 52.4 Å². The van der Waals surface area contributed by atoms with Crippen LogP contribution in [-0.4, -0.2) is 19.0 Å². The van der Waals surface area contributed by atoms with E-state index in [0.29, 0.717) is 5.84 Å². The van der Waals surface area contributed by atoms with Crippen LogP contribution in [0.1, 0.15) is 43.4 Å². The summed E-state index contributed by atoms with van der Waals surface area (Å²) in [6.07, 6.45) is 1.75. The second-order valence-corrected chi connectivity index (χ2v) is 8.55. The zero-order chi connectivity index (χ0) is 22.7. The van der Waals surface area contributed by atoms with E-state index in [2.05, 4.69) is 54.7 Å². The predicted molar refractivity (Wildman–Crippen MR) is 131 cm³/mol. The summed E-state index contributed by atoms with van der Waals surface area (Å²) in [4.78, 5) is 4.97. The number of anilines is 2. The number of hydrogen-bond acceptors (Lipinski definition) is 5. The Morgan fingerprint density at radius 1 is 0.969 bits per heavy atom. The minimum Gasteiger partial charge on any atom is -0.497 e. The molecular weight excluding hydrogens is 398 g/mol. The van der Waals surface area contributed by atoms with E-state index in [1.807, 2.05) is 38.1 Å². The minimum absolute atomic E-state index is 0.132. The van der Waals surface area contributed by atoms with Crippen LogP contribution in [0.4, 0.5) is 11.4 Å². The molecule has 0 spiro atoms. The van der Waals surface area contributed by atoms with E-state index in [9.17, 15) is 0 Å². The fourth-order valence-corrected chi connectivity index (χ4v) is 4.26. The van der Waals surface area contributed by atoms with E-state index in [1.54, 1.807) is 7.11 Å². The van der Waals surface area contributed by atoms with E-state index < -0.39 is 5.54 Å². The molecule has 3 N–H and O–H groups in total. The molecule has 0 bridgehead atoms. The average Bonchev–Trinajstić information content (AvgIpc) is 3.18. The lowest BCUT2D eigenvalue weighted by atomic mass is 9.80.